The van der Waals surface area contributed by atoms with Crippen molar-refractivity contribution in [3.05, 3.63) is 53.3 Å². The Morgan fingerprint density at radius 3 is 2.47 bits per heavy atom. The molecule has 5 rings (SSSR count). The van der Waals surface area contributed by atoms with Gasteiger partial charge in [0, 0.05) is 18.3 Å². The number of ketones is 1. The fourth-order valence-corrected chi connectivity index (χ4v) is 7.88. The van der Waals surface area contributed by atoms with Crippen LogP contribution in [-0.2, 0) is 19.6 Å². The number of carbonyl (C=O) groups excluding carboxylic acids is 1. The lowest BCUT2D eigenvalue weighted by molar-refractivity contribution is -0.131. The van der Waals surface area contributed by atoms with E-state index >= 15 is 0 Å². The van der Waals surface area contributed by atoms with E-state index in [1.54, 1.807) is 12.1 Å². The Hall–Kier alpha value is -2.29. The fraction of sp³-hybridized carbons (Fsp3) is 0.593. The molecule has 196 valence electrons. The van der Waals surface area contributed by atoms with Crippen LogP contribution < -0.4 is 4.18 Å². The number of halogens is 3. The van der Waals surface area contributed by atoms with Crippen LogP contribution in [0.15, 0.2) is 47.7 Å². The average molecular weight is 525 g/mol. The summed E-state index contributed by atoms with van der Waals surface area (Å²) >= 11 is 0. The van der Waals surface area contributed by atoms with E-state index in [-0.39, 0.29) is 11.7 Å². The van der Waals surface area contributed by atoms with E-state index in [0.717, 1.165) is 37.0 Å². The van der Waals surface area contributed by atoms with Gasteiger partial charge in [0.25, 0.3) is 0 Å². The molecule has 0 bridgehead atoms. The largest absolute Gasteiger partial charge is 0.534 e. The predicted molar refractivity (Wildman–Crippen MR) is 127 cm³/mol. The average Bonchev–Trinajstić information content (AvgIpc) is 3.12. The minimum Gasteiger partial charge on any atom is -0.498 e. The zero-order valence-electron chi connectivity index (χ0n) is 20.4. The lowest BCUT2D eigenvalue weighted by Crippen LogP contribution is -2.49. The summed E-state index contributed by atoms with van der Waals surface area (Å²) in [6.07, 6.45) is 9.36. The molecule has 0 amide bonds. The Kier molecular flexibility index (Phi) is 6.29. The number of allylic oxidation sites excluding steroid dienone is 4. The van der Waals surface area contributed by atoms with Crippen molar-refractivity contribution in [1.29, 1.82) is 0 Å². The van der Waals surface area contributed by atoms with Gasteiger partial charge in [0.1, 0.15) is 11.5 Å². The normalized spacial score (nSPS) is 34.1. The summed E-state index contributed by atoms with van der Waals surface area (Å²) in [5.41, 5.74) is -3.73. The number of rotatable bonds is 5. The number of alkyl halides is 3. The molecule has 0 aromatic heterocycles. The maximum Gasteiger partial charge on any atom is 0.534 e. The monoisotopic (exact) mass is 524 g/mol. The van der Waals surface area contributed by atoms with Gasteiger partial charge in [-0.1, -0.05) is 25.1 Å². The maximum absolute atomic E-state index is 13.0. The number of hydrogen-bond donors (Lipinski definition) is 0. The van der Waals surface area contributed by atoms with Gasteiger partial charge >= 0.3 is 15.6 Å². The molecular weight excluding hydrogens is 493 g/mol. The van der Waals surface area contributed by atoms with Crippen LogP contribution in [0.5, 0.6) is 5.75 Å². The summed E-state index contributed by atoms with van der Waals surface area (Å²) in [4.78, 5) is 13.0. The third kappa shape index (κ3) is 4.17. The van der Waals surface area contributed by atoms with Crippen molar-refractivity contribution in [2.75, 3.05) is 6.61 Å². The first-order valence-corrected chi connectivity index (χ1v) is 14.0. The fourth-order valence-electron chi connectivity index (χ4n) is 7.42. The van der Waals surface area contributed by atoms with Crippen molar-refractivity contribution in [1.82, 2.24) is 0 Å². The molecule has 0 spiro atoms. The Labute approximate surface area is 209 Å². The highest BCUT2D eigenvalue weighted by Crippen LogP contribution is 2.64. The van der Waals surface area contributed by atoms with Crippen molar-refractivity contribution in [2.24, 2.45) is 29.1 Å². The second-order valence-corrected chi connectivity index (χ2v) is 12.3. The van der Waals surface area contributed by atoms with Gasteiger partial charge < -0.3 is 8.92 Å². The first-order valence-electron chi connectivity index (χ1n) is 12.6. The zero-order chi connectivity index (χ0) is 25.9. The van der Waals surface area contributed by atoms with Crippen LogP contribution in [0.1, 0.15) is 63.9 Å². The van der Waals surface area contributed by atoms with Crippen molar-refractivity contribution in [3.8, 4) is 5.75 Å². The highest BCUT2D eigenvalue weighted by molar-refractivity contribution is 7.88. The molecule has 4 aliphatic carbocycles. The molecule has 0 heterocycles. The van der Waals surface area contributed by atoms with E-state index in [0.29, 0.717) is 48.9 Å². The smallest absolute Gasteiger partial charge is 0.498 e. The Balaban J connectivity index is 1.49. The number of benzene rings is 1. The van der Waals surface area contributed by atoms with Crippen LogP contribution in [0.2, 0.25) is 0 Å². The van der Waals surface area contributed by atoms with Gasteiger partial charge in [-0.25, -0.2) is 0 Å². The molecule has 1 aromatic carbocycles. The van der Waals surface area contributed by atoms with Gasteiger partial charge in [0.15, 0.2) is 0 Å². The Morgan fingerprint density at radius 1 is 1.08 bits per heavy atom. The lowest BCUT2D eigenvalue weighted by atomic mass is 9.49. The van der Waals surface area contributed by atoms with Crippen LogP contribution in [0, 0.1) is 29.1 Å². The van der Waals surface area contributed by atoms with Crippen LogP contribution in [0.4, 0.5) is 13.2 Å². The van der Waals surface area contributed by atoms with Gasteiger partial charge in [-0.05, 0) is 91.5 Å². The molecule has 0 N–H and O–H groups in total. The summed E-state index contributed by atoms with van der Waals surface area (Å²) < 4.78 is 71.2. The lowest BCUT2D eigenvalue weighted by Gasteiger charge is -2.54. The molecule has 2 fully saturated rings. The topological polar surface area (TPSA) is 69.7 Å². The minimum absolute atomic E-state index is 0.0299. The first kappa shape index (κ1) is 25.4. The summed E-state index contributed by atoms with van der Waals surface area (Å²) in [5.74, 6) is 2.22. The first-order chi connectivity index (χ1) is 16.9. The van der Waals surface area contributed by atoms with E-state index in [4.69, 9.17) is 4.74 Å². The molecule has 6 atom stereocenters. The second kappa shape index (κ2) is 8.92. The van der Waals surface area contributed by atoms with E-state index in [9.17, 15) is 26.4 Å². The number of ether oxygens (including phenoxy) is 1. The van der Waals surface area contributed by atoms with Crippen LogP contribution >= 0.6 is 0 Å². The number of hydrogen-bond acceptors (Lipinski definition) is 5. The van der Waals surface area contributed by atoms with Crippen LogP contribution in [0.3, 0.4) is 0 Å². The van der Waals surface area contributed by atoms with Crippen molar-refractivity contribution in [2.45, 2.75) is 63.8 Å². The molecular formula is C27H31F3O5S. The molecule has 4 aliphatic rings. The van der Waals surface area contributed by atoms with E-state index < -0.39 is 21.0 Å². The van der Waals surface area contributed by atoms with Gasteiger partial charge in [-0.3, -0.25) is 4.79 Å². The van der Waals surface area contributed by atoms with Gasteiger partial charge in [0.05, 0.1) is 12.4 Å². The van der Waals surface area contributed by atoms with Gasteiger partial charge in [-0.15, -0.1) is 0 Å². The Morgan fingerprint density at radius 2 is 1.81 bits per heavy atom. The standard InChI is InChI=1S/C27H31F3O5S/c1-3-34-19-9-11-20-17(14-19)6-10-21-23-12-13-24(31)26(23,2)15-22(25(20)21)16-4-7-18(8-5-16)35-36(32,33)27(28,29)30/h4-8,14,20-23,25H,3,9-13,15H2,1-2H3/t20-,21-,22+,23-,25+,26-/m0/s1. The molecule has 0 saturated heterocycles. The molecule has 5 nitrogen and oxygen atoms in total. The number of Topliss-reactive ketones (excluding diaryl/α,β-unsaturated/α-hetero) is 1. The minimum atomic E-state index is -5.73. The van der Waals surface area contributed by atoms with E-state index in [1.807, 2.05) is 6.92 Å². The molecule has 2 saturated carbocycles. The van der Waals surface area contributed by atoms with Crippen molar-refractivity contribution >= 4 is 15.9 Å². The van der Waals surface area contributed by atoms with Crippen LogP contribution in [0.25, 0.3) is 0 Å². The molecule has 9 heteroatoms. The Bertz CT molecular complexity index is 1200. The van der Waals surface area contributed by atoms with E-state index in [1.165, 1.54) is 17.7 Å². The molecule has 1 aromatic rings. The molecule has 0 radical (unpaired) electrons. The number of fused-ring (bicyclic) bond motifs is 5. The molecule has 0 unspecified atom stereocenters. The summed E-state index contributed by atoms with van der Waals surface area (Å²) in [6.45, 7) is 4.68. The van der Waals surface area contributed by atoms with Crippen LogP contribution in [-0.4, -0.2) is 26.3 Å². The van der Waals surface area contributed by atoms with Gasteiger partial charge in [-0.2, -0.15) is 21.6 Å². The maximum atomic E-state index is 13.0. The van der Waals surface area contributed by atoms with Gasteiger partial charge in [0.2, 0.25) is 0 Å². The highest BCUT2D eigenvalue weighted by Gasteiger charge is 2.59. The zero-order valence-corrected chi connectivity index (χ0v) is 21.2. The quantitative estimate of drug-likeness (QED) is 0.335. The number of carbonyl (C=O) groups is 1. The summed E-state index contributed by atoms with van der Waals surface area (Å²) in [5, 5.41) is 0. The highest BCUT2D eigenvalue weighted by atomic mass is 32.2. The van der Waals surface area contributed by atoms with Crippen molar-refractivity contribution < 1.29 is 35.3 Å². The van der Waals surface area contributed by atoms with Crippen molar-refractivity contribution in [3.63, 3.8) is 0 Å². The third-order valence-corrected chi connectivity index (χ3v) is 9.91. The second-order valence-electron chi connectivity index (χ2n) is 10.7. The SMILES string of the molecule is CCOC1=CC2=CC[C@@H]3[C@H]([C@@H](c4ccc(OS(=O)(=O)C(F)(F)F)cc4)C[C@]4(C)C(=O)CC[C@@H]34)[C@H]2CC1. The molecule has 36 heavy (non-hydrogen) atoms. The molecule has 0 aliphatic heterocycles. The predicted octanol–water partition coefficient (Wildman–Crippen LogP) is 6.28. The van der Waals surface area contributed by atoms with E-state index in [2.05, 4.69) is 23.3 Å². The third-order valence-electron chi connectivity index (χ3n) is 8.93. The summed E-state index contributed by atoms with van der Waals surface area (Å²) in [6, 6.07) is 5.89. The summed E-state index contributed by atoms with van der Waals surface area (Å²) in [7, 11) is -5.73.